The van der Waals surface area contributed by atoms with E-state index in [-0.39, 0.29) is 0 Å². The molecular formula is C24H24N4O2S5. The van der Waals surface area contributed by atoms with E-state index in [2.05, 4.69) is 34.5 Å². The molecule has 0 saturated carbocycles. The Morgan fingerprint density at radius 1 is 0.714 bits per heavy atom. The Labute approximate surface area is 226 Å². The van der Waals surface area contributed by atoms with Crippen molar-refractivity contribution in [2.24, 2.45) is 9.98 Å². The first-order chi connectivity index (χ1) is 17.2. The minimum atomic E-state index is 0.459. The van der Waals surface area contributed by atoms with E-state index in [0.717, 1.165) is 66.0 Å². The summed E-state index contributed by atoms with van der Waals surface area (Å²) in [7, 11) is 3.37. The van der Waals surface area contributed by atoms with Crippen LogP contribution in [0.2, 0.25) is 0 Å². The van der Waals surface area contributed by atoms with Gasteiger partial charge < -0.3 is 9.47 Å². The number of benzene rings is 2. The summed E-state index contributed by atoms with van der Waals surface area (Å²) in [6.07, 6.45) is 0. The molecule has 3 heterocycles. The van der Waals surface area contributed by atoms with Crippen LogP contribution in [0.3, 0.4) is 0 Å². The zero-order valence-electron chi connectivity index (χ0n) is 19.2. The van der Waals surface area contributed by atoms with Gasteiger partial charge in [-0.2, -0.15) is 0 Å². The summed E-state index contributed by atoms with van der Waals surface area (Å²) in [6, 6.07) is 16.2. The summed E-state index contributed by atoms with van der Waals surface area (Å²) >= 11 is 8.94. The van der Waals surface area contributed by atoms with Crippen molar-refractivity contribution < 1.29 is 9.47 Å². The maximum Gasteiger partial charge on any atom is 0.175 e. The van der Waals surface area contributed by atoms with Crippen molar-refractivity contribution in [3.63, 3.8) is 0 Å². The largest absolute Gasteiger partial charge is 0.497 e. The predicted molar refractivity (Wildman–Crippen MR) is 153 cm³/mol. The lowest BCUT2D eigenvalue weighted by Crippen LogP contribution is -2.06. The van der Waals surface area contributed by atoms with Gasteiger partial charge in [-0.3, -0.25) is 9.98 Å². The van der Waals surface area contributed by atoms with Crippen LogP contribution in [0.25, 0.3) is 0 Å². The highest BCUT2D eigenvalue weighted by atomic mass is 32.2. The maximum atomic E-state index is 5.24. The van der Waals surface area contributed by atoms with Gasteiger partial charge in [-0.15, -0.1) is 33.7 Å². The normalized spacial score (nSPS) is 19.5. The van der Waals surface area contributed by atoms with Gasteiger partial charge in [-0.25, -0.2) is 0 Å². The Bertz CT molecular complexity index is 1110. The fourth-order valence-corrected chi connectivity index (χ4v) is 9.05. The number of rotatable bonds is 10. The lowest BCUT2D eigenvalue weighted by atomic mass is 10.2. The van der Waals surface area contributed by atoms with E-state index in [1.807, 2.05) is 47.8 Å². The Morgan fingerprint density at radius 3 is 1.54 bits per heavy atom. The summed E-state index contributed by atoms with van der Waals surface area (Å²) in [5, 5.41) is 11.9. The first-order valence-corrected chi connectivity index (χ1v) is 15.5. The van der Waals surface area contributed by atoms with Crippen LogP contribution in [0.4, 0.5) is 0 Å². The van der Waals surface area contributed by atoms with Crippen molar-refractivity contribution in [1.82, 2.24) is 10.2 Å². The molecule has 0 N–H and O–H groups in total. The fourth-order valence-electron chi connectivity index (χ4n) is 3.44. The fraction of sp³-hybridized carbons (Fsp3) is 0.333. The molecule has 11 heteroatoms. The van der Waals surface area contributed by atoms with Gasteiger partial charge in [0, 0.05) is 33.1 Å². The summed E-state index contributed by atoms with van der Waals surface area (Å²) in [6.45, 7) is 1.68. The van der Waals surface area contributed by atoms with Crippen LogP contribution in [-0.4, -0.2) is 69.6 Å². The van der Waals surface area contributed by atoms with Crippen molar-refractivity contribution in [3.8, 4) is 11.5 Å². The van der Waals surface area contributed by atoms with E-state index < -0.39 is 0 Å². The Kier molecular flexibility index (Phi) is 8.61. The van der Waals surface area contributed by atoms with E-state index >= 15 is 0 Å². The molecule has 0 amide bonds. The number of methoxy groups -OCH3 is 2. The van der Waals surface area contributed by atoms with Gasteiger partial charge in [0.15, 0.2) is 8.68 Å². The quantitative estimate of drug-likeness (QED) is 0.286. The van der Waals surface area contributed by atoms with Crippen molar-refractivity contribution >= 4 is 68.5 Å². The van der Waals surface area contributed by atoms with Crippen LogP contribution in [-0.2, 0) is 0 Å². The second-order valence-electron chi connectivity index (χ2n) is 7.68. The smallest absolute Gasteiger partial charge is 0.175 e. The van der Waals surface area contributed by atoms with Gasteiger partial charge in [-0.1, -0.05) is 34.9 Å². The van der Waals surface area contributed by atoms with Gasteiger partial charge in [0.1, 0.15) is 11.5 Å². The van der Waals surface area contributed by atoms with Gasteiger partial charge >= 0.3 is 0 Å². The zero-order valence-corrected chi connectivity index (χ0v) is 23.3. The molecule has 0 aliphatic carbocycles. The van der Waals surface area contributed by atoms with Crippen LogP contribution < -0.4 is 9.47 Å². The van der Waals surface area contributed by atoms with Crippen LogP contribution >= 0.6 is 58.4 Å². The van der Waals surface area contributed by atoms with Crippen molar-refractivity contribution in [1.29, 1.82) is 0 Å². The number of thioether (sulfide) groups is 4. The molecule has 2 aromatic carbocycles. The topological polar surface area (TPSA) is 69.0 Å². The molecule has 0 bridgehead atoms. The summed E-state index contributed by atoms with van der Waals surface area (Å²) in [5.41, 5.74) is 2.31. The molecule has 2 atom stereocenters. The number of nitrogens with zero attached hydrogens (tertiary/aromatic N) is 4. The van der Waals surface area contributed by atoms with E-state index in [1.165, 1.54) is 0 Å². The first kappa shape index (κ1) is 25.0. The number of aromatic nitrogens is 2. The van der Waals surface area contributed by atoms with E-state index in [9.17, 15) is 0 Å². The molecule has 5 rings (SSSR count). The van der Waals surface area contributed by atoms with Crippen LogP contribution in [0.1, 0.15) is 11.1 Å². The van der Waals surface area contributed by atoms with Crippen LogP contribution in [0, 0.1) is 0 Å². The Morgan fingerprint density at radius 2 is 1.14 bits per heavy atom. The minimum absolute atomic E-state index is 0.459. The summed E-state index contributed by atoms with van der Waals surface area (Å²) in [5.74, 6) is 3.69. The average molecular weight is 561 g/mol. The highest BCUT2D eigenvalue weighted by molar-refractivity contribution is 8.16. The second-order valence-corrected chi connectivity index (χ2v) is 13.8. The molecule has 0 spiro atoms. The molecule has 3 aromatic rings. The van der Waals surface area contributed by atoms with Gasteiger partial charge in [0.05, 0.1) is 37.4 Å². The van der Waals surface area contributed by atoms with E-state index in [4.69, 9.17) is 19.5 Å². The Balaban J connectivity index is 1.04. The first-order valence-electron chi connectivity index (χ1n) is 11.0. The molecule has 2 unspecified atom stereocenters. The lowest BCUT2D eigenvalue weighted by Gasteiger charge is -2.07. The third-order valence-electron chi connectivity index (χ3n) is 5.28. The maximum absolute atomic E-state index is 5.24. The van der Waals surface area contributed by atoms with Gasteiger partial charge in [-0.05, 0) is 48.5 Å². The molecule has 35 heavy (non-hydrogen) atoms. The number of aliphatic imine (C=N–C) groups is 2. The SMILES string of the molecule is COc1ccc(C2=NCC(CSc3nnc(SCC4CN=C(c5ccc(OC)cc5)S4)s3)S2)cc1. The lowest BCUT2D eigenvalue weighted by molar-refractivity contribution is 0.414. The number of ether oxygens (including phenoxy) is 2. The van der Waals surface area contributed by atoms with E-state index in [0.29, 0.717) is 10.5 Å². The molecule has 2 aliphatic rings. The minimum Gasteiger partial charge on any atom is -0.497 e. The number of hydrogen-bond donors (Lipinski definition) is 0. The third kappa shape index (κ3) is 6.56. The van der Waals surface area contributed by atoms with Crippen molar-refractivity contribution in [2.75, 3.05) is 38.8 Å². The predicted octanol–water partition coefficient (Wildman–Crippen LogP) is 5.86. The van der Waals surface area contributed by atoms with E-state index in [1.54, 1.807) is 49.1 Å². The highest BCUT2D eigenvalue weighted by Gasteiger charge is 2.23. The Hall–Kier alpha value is -1.66. The molecular weight excluding hydrogens is 537 g/mol. The second kappa shape index (κ2) is 12.1. The van der Waals surface area contributed by atoms with Crippen LogP contribution in [0.5, 0.6) is 11.5 Å². The molecule has 0 radical (unpaired) electrons. The zero-order chi connectivity index (χ0) is 24.0. The molecule has 2 aliphatic heterocycles. The van der Waals surface area contributed by atoms with Gasteiger partial charge in [0.2, 0.25) is 0 Å². The number of hydrogen-bond acceptors (Lipinski definition) is 11. The van der Waals surface area contributed by atoms with Crippen LogP contribution in [0.15, 0.2) is 67.2 Å². The monoisotopic (exact) mass is 560 g/mol. The molecule has 0 fully saturated rings. The molecule has 6 nitrogen and oxygen atoms in total. The highest BCUT2D eigenvalue weighted by Crippen LogP contribution is 2.36. The van der Waals surface area contributed by atoms with Crippen molar-refractivity contribution in [3.05, 3.63) is 59.7 Å². The summed E-state index contributed by atoms with van der Waals surface area (Å²) < 4.78 is 12.5. The molecule has 0 saturated heterocycles. The standard InChI is InChI=1S/C24H24N4O2S5/c1-29-17-7-3-15(4-8-17)21-25-11-19(33-21)13-31-23-27-28-24(35-23)32-14-20-12-26-22(34-20)16-5-9-18(30-2)10-6-16/h3-10,19-20H,11-14H2,1-2H3. The third-order valence-corrected chi connectivity index (χ3v) is 11.7. The molecule has 182 valence electrons. The van der Waals surface area contributed by atoms with Crippen molar-refractivity contribution in [2.45, 2.75) is 19.2 Å². The van der Waals surface area contributed by atoms with Gasteiger partial charge in [0.25, 0.3) is 0 Å². The molecule has 1 aromatic heterocycles. The average Bonchev–Trinajstić information content (AvgIpc) is 3.67. The summed E-state index contributed by atoms with van der Waals surface area (Å²) in [4.78, 5) is 9.48.